The van der Waals surface area contributed by atoms with E-state index in [2.05, 4.69) is 26.8 Å². The van der Waals surface area contributed by atoms with Gasteiger partial charge in [0, 0.05) is 31.4 Å². The van der Waals surface area contributed by atoms with Gasteiger partial charge >= 0.3 is 0 Å². The average Bonchev–Trinajstić information content (AvgIpc) is 2.84. The minimum Gasteiger partial charge on any atom is -0.494 e. The van der Waals surface area contributed by atoms with Gasteiger partial charge in [0.15, 0.2) is 0 Å². The summed E-state index contributed by atoms with van der Waals surface area (Å²) in [6.45, 7) is 7.75. The predicted octanol–water partition coefficient (Wildman–Crippen LogP) is 3.85. The van der Waals surface area contributed by atoms with Crippen LogP contribution in [0.5, 0.6) is 5.75 Å². The molecule has 6 heteroatoms. The smallest absolute Gasteiger partial charge is 0.137 e. The maximum atomic E-state index is 6.28. The number of hydrogen-bond acceptors (Lipinski definition) is 4. The summed E-state index contributed by atoms with van der Waals surface area (Å²) in [6.07, 6.45) is 3.13. The maximum absolute atomic E-state index is 6.28. The van der Waals surface area contributed by atoms with Gasteiger partial charge in [-0.2, -0.15) is 0 Å². The van der Waals surface area contributed by atoms with Gasteiger partial charge in [0.25, 0.3) is 0 Å². The van der Waals surface area contributed by atoms with Gasteiger partial charge in [-0.15, -0.1) is 0 Å². The number of pyridine rings is 1. The third-order valence-electron chi connectivity index (χ3n) is 4.93. The SMILES string of the molecule is CCOc1ccc(-c2nc3ccc(Cl)cn3c2CN2CCCNCC2)cc1. The lowest BCUT2D eigenvalue weighted by Gasteiger charge is -2.20. The fourth-order valence-corrected chi connectivity index (χ4v) is 3.76. The molecule has 0 atom stereocenters. The highest BCUT2D eigenvalue weighted by molar-refractivity contribution is 6.30. The van der Waals surface area contributed by atoms with Crippen LogP contribution in [0.4, 0.5) is 0 Å². The van der Waals surface area contributed by atoms with Crippen LogP contribution >= 0.6 is 11.6 Å². The summed E-state index contributed by atoms with van der Waals surface area (Å²) in [5, 5.41) is 4.19. The minimum atomic E-state index is 0.667. The lowest BCUT2D eigenvalue weighted by atomic mass is 10.1. The van der Waals surface area contributed by atoms with Crippen LogP contribution in [0, 0.1) is 0 Å². The second-order valence-corrected chi connectivity index (χ2v) is 7.26. The number of nitrogens with one attached hydrogen (secondary N) is 1. The lowest BCUT2D eigenvalue weighted by Crippen LogP contribution is -2.28. The molecule has 1 N–H and O–H groups in total. The monoisotopic (exact) mass is 384 g/mol. The highest BCUT2D eigenvalue weighted by Gasteiger charge is 2.18. The highest BCUT2D eigenvalue weighted by Crippen LogP contribution is 2.28. The van der Waals surface area contributed by atoms with Crippen molar-refractivity contribution in [3.8, 4) is 17.0 Å². The molecule has 0 amide bonds. The van der Waals surface area contributed by atoms with Gasteiger partial charge in [-0.1, -0.05) is 11.6 Å². The molecule has 1 fully saturated rings. The van der Waals surface area contributed by atoms with Crippen molar-refractivity contribution >= 4 is 17.2 Å². The van der Waals surface area contributed by atoms with E-state index >= 15 is 0 Å². The Hall–Kier alpha value is -2.08. The van der Waals surface area contributed by atoms with Crippen LogP contribution in [0.25, 0.3) is 16.9 Å². The second-order valence-electron chi connectivity index (χ2n) is 6.82. The number of ether oxygens (including phenoxy) is 1. The van der Waals surface area contributed by atoms with Gasteiger partial charge in [0.2, 0.25) is 0 Å². The van der Waals surface area contributed by atoms with Crippen molar-refractivity contribution < 1.29 is 4.74 Å². The van der Waals surface area contributed by atoms with Gasteiger partial charge < -0.3 is 14.5 Å². The van der Waals surface area contributed by atoms with Crippen LogP contribution < -0.4 is 10.1 Å². The normalized spacial score (nSPS) is 15.8. The molecular weight excluding hydrogens is 360 g/mol. The van der Waals surface area contributed by atoms with E-state index in [0.717, 1.165) is 66.8 Å². The van der Waals surface area contributed by atoms with Crippen LogP contribution in [0.2, 0.25) is 5.02 Å². The van der Waals surface area contributed by atoms with Crippen molar-refractivity contribution in [2.24, 2.45) is 0 Å². The Morgan fingerprint density at radius 1 is 1.11 bits per heavy atom. The van der Waals surface area contributed by atoms with Gasteiger partial charge in [0.05, 0.1) is 23.0 Å². The topological polar surface area (TPSA) is 41.8 Å². The van der Waals surface area contributed by atoms with Gasteiger partial charge in [-0.05, 0) is 62.8 Å². The van der Waals surface area contributed by atoms with Crippen LogP contribution in [-0.2, 0) is 6.54 Å². The molecule has 1 aliphatic heterocycles. The summed E-state index contributed by atoms with van der Waals surface area (Å²) in [6, 6.07) is 12.1. The number of benzene rings is 1. The zero-order chi connectivity index (χ0) is 18.6. The molecule has 0 unspecified atom stereocenters. The van der Waals surface area contributed by atoms with E-state index in [4.69, 9.17) is 21.3 Å². The molecule has 0 saturated carbocycles. The molecule has 3 aromatic rings. The fraction of sp³-hybridized carbons (Fsp3) is 0.381. The van der Waals surface area contributed by atoms with Crippen LogP contribution in [-0.4, -0.2) is 47.1 Å². The van der Waals surface area contributed by atoms with Crippen molar-refractivity contribution in [3.63, 3.8) is 0 Å². The van der Waals surface area contributed by atoms with Gasteiger partial charge in [0.1, 0.15) is 11.4 Å². The number of hydrogen-bond donors (Lipinski definition) is 1. The molecular formula is C21H25ClN4O. The molecule has 1 aromatic carbocycles. The largest absolute Gasteiger partial charge is 0.494 e. The Balaban J connectivity index is 1.74. The average molecular weight is 385 g/mol. The Kier molecular flexibility index (Phi) is 5.62. The summed E-state index contributed by atoms with van der Waals surface area (Å²) < 4.78 is 7.71. The quantitative estimate of drug-likeness (QED) is 0.725. The van der Waals surface area contributed by atoms with Crippen molar-refractivity contribution in [1.82, 2.24) is 19.6 Å². The first-order valence-electron chi connectivity index (χ1n) is 9.57. The molecule has 142 valence electrons. The van der Waals surface area contributed by atoms with Gasteiger partial charge in [-0.3, -0.25) is 4.90 Å². The van der Waals surface area contributed by atoms with Crippen LogP contribution in [0.3, 0.4) is 0 Å². The Morgan fingerprint density at radius 2 is 1.96 bits per heavy atom. The molecule has 0 aliphatic carbocycles. The molecule has 2 aromatic heterocycles. The number of fused-ring (bicyclic) bond motifs is 1. The Bertz CT molecular complexity index is 898. The molecule has 1 saturated heterocycles. The second kappa shape index (κ2) is 8.30. The number of nitrogens with zero attached hydrogens (tertiary/aromatic N) is 3. The molecule has 4 rings (SSSR count). The van der Waals surface area contributed by atoms with Crippen molar-refractivity contribution in [3.05, 3.63) is 53.3 Å². The van der Waals surface area contributed by atoms with E-state index in [9.17, 15) is 0 Å². The van der Waals surface area contributed by atoms with Gasteiger partial charge in [-0.25, -0.2) is 4.98 Å². The molecule has 0 spiro atoms. The van der Waals surface area contributed by atoms with E-state index in [1.807, 2.05) is 37.4 Å². The highest BCUT2D eigenvalue weighted by atomic mass is 35.5. The molecule has 5 nitrogen and oxygen atoms in total. The standard InChI is InChI=1S/C21H25ClN4O/c1-2-27-18-7-4-16(5-8-18)21-19(15-25-12-3-10-23-11-13-25)26-14-17(22)6-9-20(26)24-21/h4-9,14,23H,2-3,10-13,15H2,1H3. The summed E-state index contributed by atoms with van der Waals surface area (Å²) in [5.41, 5.74) is 4.21. The summed E-state index contributed by atoms with van der Waals surface area (Å²) >= 11 is 6.28. The minimum absolute atomic E-state index is 0.667. The van der Waals surface area contributed by atoms with Crippen LogP contribution in [0.1, 0.15) is 19.0 Å². The Labute approximate surface area is 164 Å². The zero-order valence-electron chi connectivity index (χ0n) is 15.6. The van der Waals surface area contributed by atoms with Crippen molar-refractivity contribution in [2.75, 3.05) is 32.8 Å². The third-order valence-corrected chi connectivity index (χ3v) is 5.15. The molecule has 27 heavy (non-hydrogen) atoms. The first-order chi connectivity index (χ1) is 13.2. The van der Waals surface area contributed by atoms with Crippen molar-refractivity contribution in [1.29, 1.82) is 0 Å². The summed E-state index contributed by atoms with van der Waals surface area (Å²) in [4.78, 5) is 7.40. The van der Waals surface area contributed by atoms with E-state index in [0.29, 0.717) is 6.61 Å². The third kappa shape index (κ3) is 4.10. The lowest BCUT2D eigenvalue weighted by molar-refractivity contribution is 0.281. The van der Waals surface area contributed by atoms with Crippen LogP contribution in [0.15, 0.2) is 42.6 Å². The molecule has 0 radical (unpaired) electrons. The zero-order valence-corrected chi connectivity index (χ0v) is 16.4. The number of rotatable bonds is 5. The van der Waals surface area contributed by atoms with Crippen molar-refractivity contribution in [2.45, 2.75) is 19.9 Å². The fourth-order valence-electron chi connectivity index (χ4n) is 3.60. The molecule has 0 bridgehead atoms. The summed E-state index contributed by atoms with van der Waals surface area (Å²) in [7, 11) is 0. The van der Waals surface area contributed by atoms with E-state index in [1.54, 1.807) is 0 Å². The summed E-state index contributed by atoms with van der Waals surface area (Å²) in [5.74, 6) is 0.883. The van der Waals surface area contributed by atoms with E-state index in [1.165, 1.54) is 5.69 Å². The maximum Gasteiger partial charge on any atom is 0.137 e. The first-order valence-corrected chi connectivity index (χ1v) is 9.95. The number of halogens is 1. The number of imidazole rings is 1. The predicted molar refractivity (Wildman–Crippen MR) is 110 cm³/mol. The van der Waals surface area contributed by atoms with E-state index in [-0.39, 0.29) is 0 Å². The molecule has 3 heterocycles. The van der Waals surface area contributed by atoms with E-state index < -0.39 is 0 Å². The molecule has 1 aliphatic rings. The number of aromatic nitrogens is 2. The Morgan fingerprint density at radius 3 is 2.78 bits per heavy atom. The first kappa shape index (κ1) is 18.3.